The van der Waals surface area contributed by atoms with Crippen LogP contribution in [-0.4, -0.2) is 5.71 Å². The monoisotopic (exact) mass is 407 g/mol. The highest BCUT2D eigenvalue weighted by Crippen LogP contribution is 2.24. The fraction of sp³-hybridized carbons (Fsp3) is 0.278. The van der Waals surface area contributed by atoms with Crippen LogP contribution in [0, 0.1) is 0 Å². The van der Waals surface area contributed by atoms with E-state index in [4.69, 9.17) is 4.99 Å². The van der Waals surface area contributed by atoms with Gasteiger partial charge in [-0.15, -0.1) is 0 Å². The number of hydrogen-bond acceptors (Lipinski definition) is 1. The van der Waals surface area contributed by atoms with Crippen molar-refractivity contribution in [3.63, 3.8) is 0 Å². The van der Waals surface area contributed by atoms with Crippen molar-refractivity contribution in [1.82, 2.24) is 0 Å². The molecule has 0 fully saturated rings. The van der Waals surface area contributed by atoms with Gasteiger partial charge in [0.15, 0.2) is 0 Å². The van der Waals surface area contributed by atoms with E-state index in [1.807, 2.05) is 0 Å². The summed E-state index contributed by atoms with van der Waals surface area (Å²) in [7, 11) is 0. The fourth-order valence-corrected chi connectivity index (χ4v) is 2.82. The minimum atomic E-state index is 0.219. The first-order chi connectivity index (χ1) is 10.1. The summed E-state index contributed by atoms with van der Waals surface area (Å²) in [4.78, 5) is 5.00. The molecule has 0 amide bonds. The van der Waals surface area contributed by atoms with Gasteiger partial charge in [0.25, 0.3) is 0 Å². The Bertz CT molecular complexity index is 600. The lowest BCUT2D eigenvalue weighted by Crippen LogP contribution is -2.04. The molecule has 1 atom stereocenters. The second kappa shape index (κ2) is 7.90. The number of benzene rings is 2. The SMILES string of the molecule is CCC(=NC(CC)c1ccc(Br)cc1)c1ccc(Br)cc1. The summed E-state index contributed by atoms with van der Waals surface area (Å²) >= 11 is 6.96. The molecule has 3 heteroatoms. The molecule has 0 spiro atoms. The van der Waals surface area contributed by atoms with Crippen LogP contribution < -0.4 is 0 Å². The van der Waals surface area contributed by atoms with Crippen molar-refractivity contribution in [3.8, 4) is 0 Å². The van der Waals surface area contributed by atoms with E-state index >= 15 is 0 Å². The molecule has 0 saturated carbocycles. The highest BCUT2D eigenvalue weighted by molar-refractivity contribution is 9.10. The van der Waals surface area contributed by atoms with Crippen LogP contribution in [-0.2, 0) is 0 Å². The fourth-order valence-electron chi connectivity index (χ4n) is 2.29. The quantitative estimate of drug-likeness (QED) is 0.496. The molecule has 2 rings (SSSR count). The lowest BCUT2D eigenvalue weighted by atomic mass is 10.0. The van der Waals surface area contributed by atoms with E-state index in [2.05, 4.69) is 94.2 Å². The van der Waals surface area contributed by atoms with Gasteiger partial charge >= 0.3 is 0 Å². The molecule has 1 nitrogen and oxygen atoms in total. The Hall–Kier alpha value is -0.930. The van der Waals surface area contributed by atoms with Gasteiger partial charge < -0.3 is 0 Å². The number of halogens is 2. The third-order valence-corrected chi connectivity index (χ3v) is 4.52. The number of hydrogen-bond donors (Lipinski definition) is 0. The summed E-state index contributed by atoms with van der Waals surface area (Å²) in [6.07, 6.45) is 1.94. The number of nitrogens with zero attached hydrogens (tertiary/aromatic N) is 1. The van der Waals surface area contributed by atoms with Crippen molar-refractivity contribution in [1.29, 1.82) is 0 Å². The predicted octanol–water partition coefficient (Wildman–Crippen LogP) is 6.56. The van der Waals surface area contributed by atoms with Crippen LogP contribution in [0.1, 0.15) is 43.9 Å². The first-order valence-corrected chi connectivity index (χ1v) is 8.80. The second-order valence-electron chi connectivity index (χ2n) is 4.91. The van der Waals surface area contributed by atoms with Crippen LogP contribution in [0.3, 0.4) is 0 Å². The van der Waals surface area contributed by atoms with Crippen LogP contribution >= 0.6 is 31.9 Å². The molecular formula is C18H19Br2N. The number of aliphatic imine (C=N–C) groups is 1. The molecule has 0 bridgehead atoms. The van der Waals surface area contributed by atoms with E-state index in [0.717, 1.165) is 27.5 Å². The third-order valence-electron chi connectivity index (χ3n) is 3.47. The highest BCUT2D eigenvalue weighted by Gasteiger charge is 2.10. The van der Waals surface area contributed by atoms with Crippen molar-refractivity contribution < 1.29 is 0 Å². The Balaban J connectivity index is 2.31. The standard InChI is InChI=1S/C18H19Br2N/c1-3-17(13-5-9-15(19)10-6-13)21-18(4-2)14-7-11-16(20)12-8-14/h5-12,17H,3-4H2,1-2H3. The second-order valence-corrected chi connectivity index (χ2v) is 6.74. The third kappa shape index (κ3) is 4.52. The molecule has 1 unspecified atom stereocenters. The maximum Gasteiger partial charge on any atom is 0.0749 e. The van der Waals surface area contributed by atoms with Crippen LogP contribution in [0.25, 0.3) is 0 Å². The first kappa shape index (κ1) is 16.4. The van der Waals surface area contributed by atoms with Crippen LogP contribution in [0.5, 0.6) is 0 Å². The zero-order chi connectivity index (χ0) is 15.2. The first-order valence-electron chi connectivity index (χ1n) is 7.22. The molecule has 0 radical (unpaired) electrons. The van der Waals surface area contributed by atoms with Gasteiger partial charge in [-0.25, -0.2) is 0 Å². The molecule has 0 aliphatic carbocycles. The Labute approximate surface area is 143 Å². The zero-order valence-electron chi connectivity index (χ0n) is 12.3. The molecular weight excluding hydrogens is 390 g/mol. The van der Waals surface area contributed by atoms with E-state index < -0.39 is 0 Å². The molecule has 21 heavy (non-hydrogen) atoms. The van der Waals surface area contributed by atoms with Gasteiger partial charge in [0.2, 0.25) is 0 Å². The van der Waals surface area contributed by atoms with E-state index in [-0.39, 0.29) is 6.04 Å². The van der Waals surface area contributed by atoms with E-state index in [0.29, 0.717) is 0 Å². The molecule has 0 saturated heterocycles. The highest BCUT2D eigenvalue weighted by atomic mass is 79.9. The predicted molar refractivity (Wildman–Crippen MR) is 98.1 cm³/mol. The normalized spacial score (nSPS) is 13.2. The minimum Gasteiger partial charge on any atom is -0.281 e. The summed E-state index contributed by atoms with van der Waals surface area (Å²) in [5.41, 5.74) is 3.64. The topological polar surface area (TPSA) is 12.4 Å². The maximum absolute atomic E-state index is 5.00. The van der Waals surface area contributed by atoms with Crippen molar-refractivity contribution in [3.05, 3.63) is 68.6 Å². The van der Waals surface area contributed by atoms with E-state index in [9.17, 15) is 0 Å². The Morgan fingerprint density at radius 1 is 0.905 bits per heavy atom. The molecule has 2 aromatic carbocycles. The van der Waals surface area contributed by atoms with Gasteiger partial charge in [-0.05, 0) is 48.2 Å². The molecule has 110 valence electrons. The van der Waals surface area contributed by atoms with Crippen molar-refractivity contribution in [2.24, 2.45) is 4.99 Å². The zero-order valence-corrected chi connectivity index (χ0v) is 15.5. The summed E-state index contributed by atoms with van der Waals surface area (Å²) in [5, 5.41) is 0. The molecule has 0 heterocycles. The van der Waals surface area contributed by atoms with Gasteiger partial charge in [-0.1, -0.05) is 70.0 Å². The smallest absolute Gasteiger partial charge is 0.0749 e. The summed E-state index contributed by atoms with van der Waals surface area (Å²) in [6.45, 7) is 4.35. The minimum absolute atomic E-state index is 0.219. The largest absolute Gasteiger partial charge is 0.281 e. The van der Waals surface area contributed by atoms with Crippen molar-refractivity contribution in [2.45, 2.75) is 32.7 Å². The molecule has 0 aliphatic rings. The molecule has 0 N–H and O–H groups in total. The Morgan fingerprint density at radius 2 is 1.43 bits per heavy atom. The number of rotatable bonds is 5. The molecule has 0 aromatic heterocycles. The lowest BCUT2D eigenvalue weighted by Gasteiger charge is -2.14. The van der Waals surface area contributed by atoms with E-state index in [1.54, 1.807) is 0 Å². The van der Waals surface area contributed by atoms with Crippen LogP contribution in [0.15, 0.2) is 62.5 Å². The Morgan fingerprint density at radius 3 is 1.90 bits per heavy atom. The summed E-state index contributed by atoms with van der Waals surface area (Å²) in [5.74, 6) is 0. The van der Waals surface area contributed by atoms with Gasteiger partial charge in [0, 0.05) is 14.7 Å². The van der Waals surface area contributed by atoms with Gasteiger partial charge in [-0.3, -0.25) is 4.99 Å². The van der Waals surface area contributed by atoms with Gasteiger partial charge in [0.1, 0.15) is 0 Å². The summed E-state index contributed by atoms with van der Waals surface area (Å²) in [6, 6.07) is 17.1. The lowest BCUT2D eigenvalue weighted by molar-refractivity contribution is 0.699. The van der Waals surface area contributed by atoms with Crippen molar-refractivity contribution >= 4 is 37.6 Å². The maximum atomic E-state index is 5.00. The van der Waals surface area contributed by atoms with Crippen molar-refractivity contribution in [2.75, 3.05) is 0 Å². The molecule has 0 aliphatic heterocycles. The molecule has 2 aromatic rings. The van der Waals surface area contributed by atoms with Gasteiger partial charge in [0.05, 0.1) is 6.04 Å². The average Bonchev–Trinajstić information content (AvgIpc) is 2.51. The van der Waals surface area contributed by atoms with Crippen LogP contribution in [0.2, 0.25) is 0 Å². The summed E-state index contributed by atoms with van der Waals surface area (Å²) < 4.78 is 2.20. The Kier molecular flexibility index (Phi) is 6.19. The van der Waals surface area contributed by atoms with Crippen LogP contribution in [0.4, 0.5) is 0 Å². The average molecular weight is 409 g/mol. The van der Waals surface area contributed by atoms with E-state index in [1.165, 1.54) is 11.1 Å². The van der Waals surface area contributed by atoms with Gasteiger partial charge in [-0.2, -0.15) is 0 Å².